The molecule has 0 atom stereocenters. The summed E-state index contributed by atoms with van der Waals surface area (Å²) < 4.78 is 2.90. The molecule has 0 N–H and O–H groups in total. The zero-order valence-corrected chi connectivity index (χ0v) is 11.2. The molecule has 3 heterocycles. The van der Waals surface area contributed by atoms with E-state index in [0.29, 0.717) is 10.9 Å². The third-order valence-corrected chi connectivity index (χ3v) is 4.82. The molecule has 0 unspecified atom stereocenters. The van der Waals surface area contributed by atoms with Crippen LogP contribution in [0.3, 0.4) is 0 Å². The molecule has 0 bridgehead atoms. The summed E-state index contributed by atoms with van der Waals surface area (Å²) in [6.45, 7) is 1.94. The van der Waals surface area contributed by atoms with Gasteiger partial charge in [0.15, 0.2) is 0 Å². The van der Waals surface area contributed by atoms with Gasteiger partial charge < -0.3 is 0 Å². The van der Waals surface area contributed by atoms with Crippen LogP contribution in [0.25, 0.3) is 5.78 Å². The van der Waals surface area contributed by atoms with E-state index in [1.54, 1.807) is 27.6 Å². The molecule has 0 amide bonds. The second kappa shape index (κ2) is 4.29. The molecule has 0 spiro atoms. The zero-order chi connectivity index (χ0) is 11.8. The second-order valence-corrected chi connectivity index (χ2v) is 5.93. The highest BCUT2D eigenvalue weighted by Crippen LogP contribution is 2.34. The Kier molecular flexibility index (Phi) is 2.78. The van der Waals surface area contributed by atoms with Crippen LogP contribution in [0.4, 0.5) is 0 Å². The standard InChI is InChI=1S/C10H7ClN4S2/c1-6-8(11)14-10-12-5-13-15(10)9(6)17-7-3-2-4-16-7/h2-5H,1H3. The molecule has 86 valence electrons. The third kappa shape index (κ3) is 1.92. The lowest BCUT2D eigenvalue weighted by atomic mass is 10.4. The minimum Gasteiger partial charge on any atom is -0.199 e. The van der Waals surface area contributed by atoms with E-state index < -0.39 is 0 Å². The summed E-state index contributed by atoms with van der Waals surface area (Å²) in [6.07, 6.45) is 1.48. The van der Waals surface area contributed by atoms with E-state index in [2.05, 4.69) is 21.1 Å². The summed E-state index contributed by atoms with van der Waals surface area (Å²) in [5, 5.41) is 7.64. The maximum Gasteiger partial charge on any atom is 0.254 e. The predicted molar refractivity (Wildman–Crippen MR) is 69.0 cm³/mol. The van der Waals surface area contributed by atoms with Gasteiger partial charge in [-0.3, -0.25) is 0 Å². The predicted octanol–water partition coefficient (Wildman–Crippen LogP) is 3.30. The van der Waals surface area contributed by atoms with Crippen molar-refractivity contribution >= 4 is 40.5 Å². The average molecular weight is 283 g/mol. The van der Waals surface area contributed by atoms with Crippen molar-refractivity contribution in [2.24, 2.45) is 0 Å². The summed E-state index contributed by atoms with van der Waals surface area (Å²) >= 11 is 9.39. The normalized spacial score (nSPS) is 11.2. The van der Waals surface area contributed by atoms with E-state index in [4.69, 9.17) is 11.6 Å². The van der Waals surface area contributed by atoms with Crippen LogP contribution in [0.1, 0.15) is 5.56 Å². The molecular weight excluding hydrogens is 276 g/mol. The van der Waals surface area contributed by atoms with Gasteiger partial charge in [0, 0.05) is 5.56 Å². The number of nitrogens with zero attached hydrogens (tertiary/aromatic N) is 4. The summed E-state index contributed by atoms with van der Waals surface area (Å²) in [5.41, 5.74) is 0.920. The molecule has 4 nitrogen and oxygen atoms in total. The van der Waals surface area contributed by atoms with Gasteiger partial charge >= 0.3 is 0 Å². The molecular formula is C10H7ClN4S2. The van der Waals surface area contributed by atoms with Crippen molar-refractivity contribution < 1.29 is 0 Å². The van der Waals surface area contributed by atoms with Crippen LogP contribution in [0.2, 0.25) is 5.15 Å². The lowest BCUT2D eigenvalue weighted by Gasteiger charge is -2.06. The quantitative estimate of drug-likeness (QED) is 0.677. The van der Waals surface area contributed by atoms with Gasteiger partial charge in [-0.05, 0) is 18.4 Å². The van der Waals surface area contributed by atoms with E-state index in [1.165, 1.54) is 10.5 Å². The number of halogens is 1. The van der Waals surface area contributed by atoms with Crippen molar-refractivity contribution in [3.05, 3.63) is 34.6 Å². The Labute approximate surface area is 111 Å². The van der Waals surface area contributed by atoms with E-state index >= 15 is 0 Å². The van der Waals surface area contributed by atoms with Crippen LogP contribution in [0.15, 0.2) is 33.1 Å². The molecule has 0 aliphatic heterocycles. The Hall–Kier alpha value is -1.11. The fourth-order valence-corrected chi connectivity index (χ4v) is 3.48. The number of fused-ring (bicyclic) bond motifs is 1. The summed E-state index contributed by atoms with van der Waals surface area (Å²) in [7, 11) is 0. The van der Waals surface area contributed by atoms with Crippen LogP contribution < -0.4 is 0 Å². The Balaban J connectivity index is 2.19. The minimum atomic E-state index is 0.476. The zero-order valence-electron chi connectivity index (χ0n) is 8.79. The Morgan fingerprint density at radius 3 is 3.12 bits per heavy atom. The van der Waals surface area contributed by atoms with Crippen LogP contribution in [0.5, 0.6) is 0 Å². The van der Waals surface area contributed by atoms with E-state index in [0.717, 1.165) is 10.6 Å². The monoisotopic (exact) mass is 282 g/mol. The highest BCUT2D eigenvalue weighted by Gasteiger charge is 2.13. The van der Waals surface area contributed by atoms with Gasteiger partial charge in [-0.2, -0.15) is 19.6 Å². The molecule has 0 aliphatic carbocycles. The topological polar surface area (TPSA) is 43.1 Å². The van der Waals surface area contributed by atoms with E-state index in [1.807, 2.05) is 18.4 Å². The van der Waals surface area contributed by atoms with Gasteiger partial charge in [0.25, 0.3) is 5.78 Å². The molecule has 3 rings (SSSR count). The van der Waals surface area contributed by atoms with Gasteiger partial charge in [0.05, 0.1) is 4.21 Å². The summed E-state index contributed by atoms with van der Waals surface area (Å²) in [6, 6.07) is 4.08. The smallest absolute Gasteiger partial charge is 0.199 e. The largest absolute Gasteiger partial charge is 0.254 e. The Bertz CT molecular complexity index is 662. The SMILES string of the molecule is Cc1c(Cl)nc2ncnn2c1Sc1cccs1. The number of thiophene rings is 1. The van der Waals surface area contributed by atoms with Crippen LogP contribution in [-0.4, -0.2) is 19.6 Å². The lowest BCUT2D eigenvalue weighted by Crippen LogP contribution is -1.99. The number of aromatic nitrogens is 4. The number of hydrogen-bond acceptors (Lipinski definition) is 5. The molecule has 3 aromatic rings. The van der Waals surface area contributed by atoms with Crippen molar-refractivity contribution in [3.8, 4) is 0 Å². The van der Waals surface area contributed by atoms with Gasteiger partial charge in [0.2, 0.25) is 0 Å². The first-order valence-electron chi connectivity index (χ1n) is 4.83. The fraction of sp³-hybridized carbons (Fsp3) is 0.100. The first kappa shape index (κ1) is 11.0. The fourth-order valence-electron chi connectivity index (χ4n) is 1.41. The summed E-state index contributed by atoms with van der Waals surface area (Å²) in [4.78, 5) is 8.23. The van der Waals surface area contributed by atoms with Crippen molar-refractivity contribution in [2.45, 2.75) is 16.2 Å². The molecule has 7 heteroatoms. The number of rotatable bonds is 2. The molecule has 0 fully saturated rings. The lowest BCUT2D eigenvalue weighted by molar-refractivity contribution is 0.826. The minimum absolute atomic E-state index is 0.476. The molecule has 0 saturated heterocycles. The van der Waals surface area contributed by atoms with Crippen molar-refractivity contribution in [1.29, 1.82) is 0 Å². The highest BCUT2D eigenvalue weighted by molar-refractivity contribution is 8.01. The first-order chi connectivity index (χ1) is 8.25. The molecule has 3 aromatic heterocycles. The number of hydrogen-bond donors (Lipinski definition) is 0. The van der Waals surface area contributed by atoms with Crippen molar-refractivity contribution in [2.75, 3.05) is 0 Å². The van der Waals surface area contributed by atoms with Crippen molar-refractivity contribution in [1.82, 2.24) is 19.6 Å². The maximum atomic E-state index is 6.09. The van der Waals surface area contributed by atoms with Gasteiger partial charge in [-0.1, -0.05) is 29.4 Å². The van der Waals surface area contributed by atoms with Crippen LogP contribution in [0, 0.1) is 6.92 Å². The third-order valence-electron chi connectivity index (χ3n) is 2.24. The Morgan fingerprint density at radius 1 is 1.47 bits per heavy atom. The second-order valence-electron chi connectivity index (χ2n) is 3.34. The molecule has 0 saturated carbocycles. The van der Waals surface area contributed by atoms with E-state index in [-0.39, 0.29) is 0 Å². The molecule has 17 heavy (non-hydrogen) atoms. The molecule has 0 aliphatic rings. The average Bonchev–Trinajstić information content (AvgIpc) is 2.94. The summed E-state index contributed by atoms with van der Waals surface area (Å²) in [5.74, 6) is 0.527. The van der Waals surface area contributed by atoms with E-state index in [9.17, 15) is 0 Å². The van der Waals surface area contributed by atoms with Gasteiger partial charge in [-0.15, -0.1) is 11.3 Å². The Morgan fingerprint density at radius 2 is 2.35 bits per heavy atom. The maximum absolute atomic E-state index is 6.09. The molecule has 0 aromatic carbocycles. The molecule has 0 radical (unpaired) electrons. The van der Waals surface area contributed by atoms with Gasteiger partial charge in [-0.25, -0.2) is 0 Å². The van der Waals surface area contributed by atoms with Gasteiger partial charge in [0.1, 0.15) is 16.5 Å². The van der Waals surface area contributed by atoms with Crippen LogP contribution >= 0.6 is 34.7 Å². The first-order valence-corrected chi connectivity index (χ1v) is 6.90. The highest BCUT2D eigenvalue weighted by atomic mass is 35.5. The van der Waals surface area contributed by atoms with Crippen LogP contribution in [-0.2, 0) is 0 Å². The van der Waals surface area contributed by atoms with Crippen molar-refractivity contribution in [3.63, 3.8) is 0 Å².